The van der Waals surface area contributed by atoms with E-state index in [9.17, 15) is 8.42 Å². The van der Waals surface area contributed by atoms with Crippen molar-refractivity contribution < 1.29 is 8.42 Å². The van der Waals surface area contributed by atoms with Crippen molar-refractivity contribution in [2.75, 3.05) is 4.72 Å². The van der Waals surface area contributed by atoms with Gasteiger partial charge in [0.2, 0.25) is 0 Å². The minimum absolute atomic E-state index is 0.283. The molecule has 5 heteroatoms. The molecule has 0 radical (unpaired) electrons. The predicted octanol–water partition coefficient (Wildman–Crippen LogP) is 4.26. The van der Waals surface area contributed by atoms with Gasteiger partial charge in [0.15, 0.2) is 0 Å². The molecular weight excluding hydrogens is 302 g/mol. The topological polar surface area (TPSA) is 46.2 Å². The third-order valence-electron chi connectivity index (χ3n) is 3.35. The lowest BCUT2D eigenvalue weighted by Gasteiger charge is -2.08. The van der Waals surface area contributed by atoms with Crippen LogP contribution in [-0.4, -0.2) is 8.42 Å². The second-order valence-electron chi connectivity index (χ2n) is 4.78. The zero-order valence-corrected chi connectivity index (χ0v) is 13.2. The molecule has 1 N–H and O–H groups in total. The fraction of sp³-hybridized carbons (Fsp3) is 0.125. The van der Waals surface area contributed by atoms with Gasteiger partial charge >= 0.3 is 0 Å². The van der Waals surface area contributed by atoms with Crippen LogP contribution in [0.3, 0.4) is 0 Å². The number of aryl methyl sites for hydroxylation is 1. The molecule has 0 bridgehead atoms. The maximum absolute atomic E-state index is 12.4. The Balaban J connectivity index is 1.90. The summed E-state index contributed by atoms with van der Waals surface area (Å²) in [7, 11) is -3.54. The summed E-state index contributed by atoms with van der Waals surface area (Å²) in [5.74, 6) is 0. The Morgan fingerprint density at radius 1 is 1.05 bits per heavy atom. The second kappa shape index (κ2) is 5.50. The van der Waals surface area contributed by atoms with Gasteiger partial charge in [0.05, 0.1) is 4.90 Å². The molecule has 3 rings (SSSR count). The predicted molar refractivity (Wildman–Crippen MR) is 88.5 cm³/mol. The van der Waals surface area contributed by atoms with Crippen LogP contribution in [0.1, 0.15) is 12.5 Å². The lowest BCUT2D eigenvalue weighted by Crippen LogP contribution is -2.12. The van der Waals surface area contributed by atoms with Crippen molar-refractivity contribution in [1.82, 2.24) is 0 Å². The van der Waals surface area contributed by atoms with Gasteiger partial charge in [-0.2, -0.15) is 0 Å². The highest BCUT2D eigenvalue weighted by Gasteiger charge is 2.14. The first-order chi connectivity index (χ1) is 10.1. The van der Waals surface area contributed by atoms with Gasteiger partial charge in [0.1, 0.15) is 0 Å². The van der Waals surface area contributed by atoms with Crippen molar-refractivity contribution in [3.63, 3.8) is 0 Å². The van der Waals surface area contributed by atoms with E-state index >= 15 is 0 Å². The summed E-state index contributed by atoms with van der Waals surface area (Å²) in [6.45, 7) is 2.04. The number of hydrogen-bond donors (Lipinski definition) is 1. The van der Waals surface area contributed by atoms with E-state index in [1.807, 2.05) is 42.6 Å². The van der Waals surface area contributed by atoms with Crippen LogP contribution in [0, 0.1) is 0 Å². The molecule has 1 heterocycles. The average molecular weight is 317 g/mol. The van der Waals surface area contributed by atoms with E-state index in [0.717, 1.165) is 22.1 Å². The highest BCUT2D eigenvalue weighted by Crippen LogP contribution is 2.25. The second-order valence-corrected chi connectivity index (χ2v) is 7.41. The Kier molecular flexibility index (Phi) is 3.69. The van der Waals surface area contributed by atoms with Crippen molar-refractivity contribution >= 4 is 37.1 Å². The maximum atomic E-state index is 12.4. The number of hydrogen-bond acceptors (Lipinski definition) is 3. The van der Waals surface area contributed by atoms with Crippen LogP contribution in [-0.2, 0) is 16.4 Å². The van der Waals surface area contributed by atoms with Gasteiger partial charge in [-0.1, -0.05) is 19.1 Å². The third kappa shape index (κ3) is 2.94. The number of fused-ring (bicyclic) bond motifs is 1. The zero-order chi connectivity index (χ0) is 14.9. The van der Waals surface area contributed by atoms with Crippen LogP contribution in [0.5, 0.6) is 0 Å². The van der Waals surface area contributed by atoms with E-state index in [1.54, 1.807) is 29.5 Å². The quantitative estimate of drug-likeness (QED) is 0.781. The Labute approximate surface area is 128 Å². The molecule has 0 amide bonds. The van der Waals surface area contributed by atoms with Gasteiger partial charge in [-0.05, 0) is 59.1 Å². The van der Waals surface area contributed by atoms with E-state index in [2.05, 4.69) is 4.72 Å². The van der Waals surface area contributed by atoms with Crippen LogP contribution in [0.4, 0.5) is 5.69 Å². The van der Waals surface area contributed by atoms with Gasteiger partial charge < -0.3 is 0 Å². The van der Waals surface area contributed by atoms with Crippen LogP contribution in [0.25, 0.3) is 10.1 Å². The fourth-order valence-electron chi connectivity index (χ4n) is 2.15. The summed E-state index contributed by atoms with van der Waals surface area (Å²) in [5, 5.41) is 3.04. The molecule has 2 aromatic carbocycles. The third-order valence-corrected chi connectivity index (χ3v) is 5.64. The summed E-state index contributed by atoms with van der Waals surface area (Å²) in [6.07, 6.45) is 0.891. The van der Waals surface area contributed by atoms with Crippen molar-refractivity contribution in [2.24, 2.45) is 0 Å². The Morgan fingerprint density at radius 3 is 2.52 bits per heavy atom. The van der Waals surface area contributed by atoms with E-state index in [4.69, 9.17) is 0 Å². The first-order valence-electron chi connectivity index (χ1n) is 6.67. The van der Waals surface area contributed by atoms with Crippen LogP contribution < -0.4 is 4.72 Å². The monoisotopic (exact) mass is 317 g/mol. The summed E-state index contributed by atoms with van der Waals surface area (Å²) < 4.78 is 28.5. The summed E-state index contributed by atoms with van der Waals surface area (Å²) in [6, 6.07) is 14.5. The van der Waals surface area contributed by atoms with E-state index in [0.29, 0.717) is 5.69 Å². The van der Waals surface area contributed by atoms with Gasteiger partial charge in [0.25, 0.3) is 10.0 Å². The molecule has 0 aliphatic carbocycles. The molecule has 3 nitrogen and oxygen atoms in total. The molecule has 1 aromatic heterocycles. The lowest BCUT2D eigenvalue weighted by atomic mass is 10.2. The van der Waals surface area contributed by atoms with Crippen LogP contribution >= 0.6 is 11.3 Å². The molecule has 0 unspecified atom stereocenters. The Bertz CT molecular complexity index is 865. The van der Waals surface area contributed by atoms with Gasteiger partial charge in [-0.3, -0.25) is 4.72 Å². The molecule has 3 aromatic rings. The number of sulfonamides is 1. The van der Waals surface area contributed by atoms with E-state index in [-0.39, 0.29) is 4.90 Å². The highest BCUT2D eigenvalue weighted by atomic mass is 32.2. The SMILES string of the molecule is CCc1ccc(S(=O)(=O)Nc2ccc3sccc3c2)cc1. The summed E-state index contributed by atoms with van der Waals surface area (Å²) in [4.78, 5) is 0.283. The number of thiophene rings is 1. The molecule has 0 atom stereocenters. The molecule has 0 saturated heterocycles. The van der Waals surface area contributed by atoms with Gasteiger partial charge in [-0.25, -0.2) is 8.42 Å². The molecular formula is C16H15NO2S2. The van der Waals surface area contributed by atoms with Crippen LogP contribution in [0.2, 0.25) is 0 Å². The normalized spacial score (nSPS) is 11.7. The number of rotatable bonds is 4. The summed E-state index contributed by atoms with van der Waals surface area (Å²) in [5.41, 5.74) is 1.70. The molecule has 0 spiro atoms. The Hall–Kier alpha value is -1.85. The molecule has 0 fully saturated rings. The molecule has 0 aliphatic rings. The van der Waals surface area contributed by atoms with E-state index in [1.165, 1.54) is 0 Å². The molecule has 108 valence electrons. The standard InChI is InChI=1S/C16H15NO2S2/c1-2-12-3-6-15(7-4-12)21(18,19)17-14-5-8-16-13(11-14)9-10-20-16/h3-11,17H,2H2,1H3. The molecule has 0 saturated carbocycles. The smallest absolute Gasteiger partial charge is 0.261 e. The van der Waals surface area contributed by atoms with Crippen LogP contribution in [0.15, 0.2) is 58.8 Å². The minimum atomic E-state index is -3.54. The average Bonchev–Trinajstić information content (AvgIpc) is 2.94. The largest absolute Gasteiger partial charge is 0.280 e. The first kappa shape index (κ1) is 14.1. The number of benzene rings is 2. The maximum Gasteiger partial charge on any atom is 0.261 e. The summed E-state index contributed by atoms with van der Waals surface area (Å²) >= 11 is 1.64. The van der Waals surface area contributed by atoms with Crippen molar-refractivity contribution in [3.8, 4) is 0 Å². The minimum Gasteiger partial charge on any atom is -0.280 e. The Morgan fingerprint density at radius 2 is 1.81 bits per heavy atom. The van der Waals surface area contributed by atoms with Gasteiger partial charge in [0, 0.05) is 10.4 Å². The number of nitrogens with one attached hydrogen (secondary N) is 1. The molecule has 21 heavy (non-hydrogen) atoms. The van der Waals surface area contributed by atoms with E-state index < -0.39 is 10.0 Å². The molecule has 0 aliphatic heterocycles. The zero-order valence-electron chi connectivity index (χ0n) is 11.5. The highest BCUT2D eigenvalue weighted by molar-refractivity contribution is 7.92. The fourth-order valence-corrected chi connectivity index (χ4v) is 3.97. The number of anilines is 1. The van der Waals surface area contributed by atoms with Gasteiger partial charge in [-0.15, -0.1) is 11.3 Å². The van der Waals surface area contributed by atoms with Crippen molar-refractivity contribution in [1.29, 1.82) is 0 Å². The van der Waals surface area contributed by atoms with Crippen molar-refractivity contribution in [2.45, 2.75) is 18.2 Å². The van der Waals surface area contributed by atoms with Crippen molar-refractivity contribution in [3.05, 3.63) is 59.5 Å². The first-order valence-corrected chi connectivity index (χ1v) is 9.04. The lowest BCUT2D eigenvalue weighted by molar-refractivity contribution is 0.601.